The van der Waals surface area contributed by atoms with Gasteiger partial charge < -0.3 is 5.32 Å². The molecule has 5 heteroatoms. The molecule has 94 valence electrons. The number of rotatable bonds is 2. The number of benzene rings is 2. The molecule has 0 saturated heterocycles. The number of nitrogens with one attached hydrogen (secondary N) is 1. The fourth-order valence-corrected chi connectivity index (χ4v) is 2.55. The van der Waals surface area contributed by atoms with Crippen LogP contribution < -0.4 is 5.32 Å². The van der Waals surface area contributed by atoms with Gasteiger partial charge in [-0.25, -0.2) is 9.97 Å². The molecule has 3 rings (SSSR count). The minimum absolute atomic E-state index is 0.579. The van der Waals surface area contributed by atoms with Crippen molar-refractivity contribution < 1.29 is 0 Å². The number of anilines is 2. The van der Waals surface area contributed by atoms with E-state index in [1.807, 2.05) is 24.3 Å². The van der Waals surface area contributed by atoms with Gasteiger partial charge in [0.1, 0.15) is 0 Å². The van der Waals surface area contributed by atoms with Crippen LogP contribution in [0.25, 0.3) is 10.8 Å². The number of aromatic nitrogens is 2. The molecule has 0 aliphatic rings. The normalized spacial score (nSPS) is 10.6. The van der Waals surface area contributed by atoms with Crippen molar-refractivity contribution in [2.24, 2.45) is 0 Å². The molecular formula is C14H9Br2N3. The molecule has 0 fully saturated rings. The molecule has 1 N–H and O–H groups in total. The molecule has 2 aromatic carbocycles. The first-order valence-corrected chi connectivity index (χ1v) is 7.24. The van der Waals surface area contributed by atoms with Gasteiger partial charge in [-0.3, -0.25) is 0 Å². The van der Waals surface area contributed by atoms with Crippen LogP contribution in [0.15, 0.2) is 57.7 Å². The van der Waals surface area contributed by atoms with E-state index < -0.39 is 0 Å². The Bertz CT molecular complexity index is 726. The first-order valence-electron chi connectivity index (χ1n) is 5.66. The van der Waals surface area contributed by atoms with Gasteiger partial charge in [-0.15, -0.1) is 0 Å². The van der Waals surface area contributed by atoms with Gasteiger partial charge >= 0.3 is 0 Å². The molecule has 0 aliphatic heterocycles. The molecule has 0 atom stereocenters. The summed E-state index contributed by atoms with van der Waals surface area (Å²) in [5, 5.41) is 5.52. The smallest absolute Gasteiger partial charge is 0.227 e. The lowest BCUT2D eigenvalue weighted by Gasteiger charge is -2.09. The molecule has 3 aromatic rings. The largest absolute Gasteiger partial charge is 0.324 e. The van der Waals surface area contributed by atoms with Crippen LogP contribution in [0.4, 0.5) is 11.6 Å². The second kappa shape index (κ2) is 5.27. The molecule has 0 radical (unpaired) electrons. The van der Waals surface area contributed by atoms with Crippen molar-refractivity contribution in [2.75, 3.05) is 5.32 Å². The number of halogens is 2. The quantitative estimate of drug-likeness (QED) is 0.689. The van der Waals surface area contributed by atoms with Crippen LogP contribution in [-0.2, 0) is 0 Å². The lowest BCUT2D eigenvalue weighted by Crippen LogP contribution is -1.97. The van der Waals surface area contributed by atoms with Crippen molar-refractivity contribution >= 4 is 54.3 Å². The Morgan fingerprint density at radius 3 is 2.26 bits per heavy atom. The summed E-state index contributed by atoms with van der Waals surface area (Å²) in [5.74, 6) is 0.579. The van der Waals surface area contributed by atoms with Gasteiger partial charge in [0.2, 0.25) is 5.95 Å². The average molecular weight is 379 g/mol. The standard InChI is InChI=1S/C14H9Br2N3/c15-9-7-17-14(18-8-9)19-13-6-5-12(16)10-3-1-2-4-11(10)13/h1-8H,(H,17,18,19). The molecule has 0 unspecified atom stereocenters. The van der Waals surface area contributed by atoms with Crippen molar-refractivity contribution in [3.05, 3.63) is 57.7 Å². The Kier molecular flexibility index (Phi) is 3.48. The molecule has 0 amide bonds. The second-order valence-electron chi connectivity index (χ2n) is 3.99. The summed E-state index contributed by atoms with van der Waals surface area (Å²) in [7, 11) is 0. The third-order valence-corrected chi connectivity index (χ3v) is 3.84. The molecule has 1 heterocycles. The minimum Gasteiger partial charge on any atom is -0.324 e. The van der Waals surface area contributed by atoms with Crippen LogP contribution in [0, 0.1) is 0 Å². The Hall–Kier alpha value is -1.46. The molecule has 3 nitrogen and oxygen atoms in total. The van der Waals surface area contributed by atoms with Gasteiger partial charge in [0.15, 0.2) is 0 Å². The van der Waals surface area contributed by atoms with Crippen molar-refractivity contribution in [3.8, 4) is 0 Å². The van der Waals surface area contributed by atoms with E-state index in [4.69, 9.17) is 0 Å². The lowest BCUT2D eigenvalue weighted by molar-refractivity contribution is 1.15. The summed E-state index contributed by atoms with van der Waals surface area (Å²) < 4.78 is 1.93. The van der Waals surface area contributed by atoms with E-state index in [9.17, 15) is 0 Å². The number of hydrogen-bond donors (Lipinski definition) is 1. The van der Waals surface area contributed by atoms with Crippen LogP contribution in [0.1, 0.15) is 0 Å². The maximum atomic E-state index is 4.22. The van der Waals surface area contributed by atoms with E-state index in [1.165, 1.54) is 0 Å². The Balaban J connectivity index is 2.06. The molecular weight excluding hydrogens is 370 g/mol. The SMILES string of the molecule is Brc1cnc(Nc2ccc(Br)c3ccccc23)nc1. The van der Waals surface area contributed by atoms with Gasteiger partial charge in [-0.2, -0.15) is 0 Å². The zero-order chi connectivity index (χ0) is 13.2. The fourth-order valence-electron chi connectivity index (χ4n) is 1.87. The zero-order valence-electron chi connectivity index (χ0n) is 9.77. The van der Waals surface area contributed by atoms with E-state index in [1.54, 1.807) is 12.4 Å². The van der Waals surface area contributed by atoms with E-state index in [-0.39, 0.29) is 0 Å². The highest BCUT2D eigenvalue weighted by Gasteiger charge is 2.05. The summed E-state index contributed by atoms with van der Waals surface area (Å²) in [6, 6.07) is 12.2. The highest BCUT2D eigenvalue weighted by Crippen LogP contribution is 2.31. The Morgan fingerprint density at radius 2 is 1.53 bits per heavy atom. The molecule has 0 bridgehead atoms. The van der Waals surface area contributed by atoms with E-state index in [2.05, 4.69) is 59.3 Å². The minimum atomic E-state index is 0.579. The summed E-state index contributed by atoms with van der Waals surface area (Å²) in [5.41, 5.74) is 0.987. The highest BCUT2D eigenvalue weighted by atomic mass is 79.9. The van der Waals surface area contributed by atoms with Crippen LogP contribution in [0.2, 0.25) is 0 Å². The Labute approximate surface area is 127 Å². The summed E-state index contributed by atoms with van der Waals surface area (Å²) in [4.78, 5) is 8.44. The summed E-state index contributed by atoms with van der Waals surface area (Å²) in [6.45, 7) is 0. The van der Waals surface area contributed by atoms with Crippen molar-refractivity contribution in [1.29, 1.82) is 0 Å². The van der Waals surface area contributed by atoms with Crippen LogP contribution in [-0.4, -0.2) is 9.97 Å². The monoisotopic (exact) mass is 377 g/mol. The number of fused-ring (bicyclic) bond motifs is 1. The fraction of sp³-hybridized carbons (Fsp3) is 0. The van der Waals surface area contributed by atoms with Crippen molar-refractivity contribution in [3.63, 3.8) is 0 Å². The van der Waals surface area contributed by atoms with Gasteiger partial charge in [-0.05, 0) is 33.4 Å². The lowest BCUT2D eigenvalue weighted by atomic mass is 10.1. The first-order chi connectivity index (χ1) is 9.24. The molecule has 19 heavy (non-hydrogen) atoms. The van der Waals surface area contributed by atoms with Crippen molar-refractivity contribution in [1.82, 2.24) is 9.97 Å². The third-order valence-electron chi connectivity index (χ3n) is 2.74. The summed E-state index contributed by atoms with van der Waals surface area (Å²) in [6.07, 6.45) is 3.44. The molecule has 0 spiro atoms. The van der Waals surface area contributed by atoms with Crippen LogP contribution >= 0.6 is 31.9 Å². The topological polar surface area (TPSA) is 37.8 Å². The van der Waals surface area contributed by atoms with Crippen LogP contribution in [0.3, 0.4) is 0 Å². The number of hydrogen-bond acceptors (Lipinski definition) is 3. The third kappa shape index (κ3) is 2.62. The van der Waals surface area contributed by atoms with Crippen molar-refractivity contribution in [2.45, 2.75) is 0 Å². The average Bonchev–Trinajstić information content (AvgIpc) is 2.45. The van der Waals surface area contributed by atoms with Crippen LogP contribution in [0.5, 0.6) is 0 Å². The predicted octanol–water partition coefficient (Wildman–Crippen LogP) is 4.90. The van der Waals surface area contributed by atoms with Gasteiger partial charge in [0.25, 0.3) is 0 Å². The zero-order valence-corrected chi connectivity index (χ0v) is 12.9. The molecule has 1 aromatic heterocycles. The Morgan fingerprint density at radius 1 is 0.842 bits per heavy atom. The van der Waals surface area contributed by atoms with E-state index in [0.717, 1.165) is 25.4 Å². The van der Waals surface area contributed by atoms with Gasteiger partial charge in [0, 0.05) is 27.9 Å². The first kappa shape index (κ1) is 12.6. The molecule has 0 aliphatic carbocycles. The predicted molar refractivity (Wildman–Crippen MR) is 84.7 cm³/mol. The van der Waals surface area contributed by atoms with Gasteiger partial charge in [0.05, 0.1) is 4.47 Å². The van der Waals surface area contributed by atoms with E-state index in [0.29, 0.717) is 5.95 Å². The van der Waals surface area contributed by atoms with E-state index >= 15 is 0 Å². The molecule has 0 saturated carbocycles. The second-order valence-corrected chi connectivity index (χ2v) is 5.76. The highest BCUT2D eigenvalue weighted by molar-refractivity contribution is 9.11. The van der Waals surface area contributed by atoms with Gasteiger partial charge in [-0.1, -0.05) is 40.2 Å². The number of nitrogens with zero attached hydrogens (tertiary/aromatic N) is 2. The summed E-state index contributed by atoms with van der Waals surface area (Å²) >= 11 is 6.88. The maximum absolute atomic E-state index is 4.22. The maximum Gasteiger partial charge on any atom is 0.227 e.